The molecule has 2 heterocycles. The molecule has 14 heavy (non-hydrogen) atoms. The number of fused-ring (bicyclic) bond motifs is 5. The Kier molecular flexibility index (Phi) is 1.72. The molecule has 3 rings (SSSR count). The lowest BCUT2D eigenvalue weighted by Gasteiger charge is -2.08. The van der Waals surface area contributed by atoms with Crippen molar-refractivity contribution in [1.82, 2.24) is 0 Å². The summed E-state index contributed by atoms with van der Waals surface area (Å²) in [5.41, 5.74) is 3.85. The highest BCUT2D eigenvalue weighted by Crippen LogP contribution is 2.45. The van der Waals surface area contributed by atoms with E-state index in [1.54, 1.807) is 7.11 Å². The highest BCUT2D eigenvalue weighted by Gasteiger charge is 2.33. The Morgan fingerprint density at radius 3 is 2.79 bits per heavy atom. The lowest BCUT2D eigenvalue weighted by atomic mass is 9.95. The largest absolute Gasteiger partial charge is 0.380 e. The average Bonchev–Trinajstić information content (AvgIpc) is 2.78. The normalized spacial score (nSPS) is 26.9. The Bertz CT molecular complexity index is 395. The summed E-state index contributed by atoms with van der Waals surface area (Å²) in [5.74, 6) is 0. The third-order valence-electron chi connectivity index (χ3n) is 2.83. The third-order valence-corrected chi connectivity index (χ3v) is 2.83. The zero-order valence-corrected chi connectivity index (χ0v) is 8.07. The van der Waals surface area contributed by atoms with E-state index in [2.05, 4.69) is 30.4 Å². The summed E-state index contributed by atoms with van der Waals surface area (Å²) in [6, 6.07) is 6.45. The van der Waals surface area contributed by atoms with Crippen LogP contribution < -0.4 is 0 Å². The molecule has 2 atom stereocenters. The van der Waals surface area contributed by atoms with Crippen molar-refractivity contribution in [1.29, 1.82) is 0 Å². The number of benzene rings is 1. The smallest absolute Gasteiger partial charge is 0.102 e. The molecule has 2 aliphatic rings. The highest BCUT2D eigenvalue weighted by molar-refractivity contribution is 5.44. The Hall–Kier alpha value is -1.12. The van der Waals surface area contributed by atoms with E-state index in [9.17, 15) is 0 Å². The molecule has 1 aromatic rings. The molecular formula is C12H12O2. The monoisotopic (exact) mass is 188 g/mol. The predicted octanol–water partition coefficient (Wildman–Crippen LogP) is 2.52. The van der Waals surface area contributed by atoms with Crippen LogP contribution in [0.25, 0.3) is 0 Å². The molecule has 0 saturated carbocycles. The Morgan fingerprint density at radius 2 is 2.00 bits per heavy atom. The summed E-state index contributed by atoms with van der Waals surface area (Å²) in [4.78, 5) is 0. The molecule has 1 aromatic carbocycles. The van der Waals surface area contributed by atoms with Gasteiger partial charge in [-0.1, -0.05) is 30.4 Å². The fourth-order valence-corrected chi connectivity index (χ4v) is 2.19. The second-order valence-corrected chi connectivity index (χ2v) is 3.76. The molecule has 2 nitrogen and oxygen atoms in total. The maximum Gasteiger partial charge on any atom is 0.102 e. The van der Waals surface area contributed by atoms with Crippen molar-refractivity contribution in [2.24, 2.45) is 0 Å². The molecule has 0 amide bonds. The van der Waals surface area contributed by atoms with Crippen molar-refractivity contribution >= 4 is 0 Å². The maximum atomic E-state index is 5.72. The van der Waals surface area contributed by atoms with Crippen LogP contribution in [0.1, 0.15) is 28.9 Å². The van der Waals surface area contributed by atoms with Crippen LogP contribution in [0, 0.1) is 0 Å². The van der Waals surface area contributed by atoms with Gasteiger partial charge in [-0.3, -0.25) is 0 Å². The molecule has 0 saturated heterocycles. The minimum absolute atomic E-state index is 0.187. The minimum Gasteiger partial charge on any atom is -0.380 e. The molecule has 0 spiro atoms. The van der Waals surface area contributed by atoms with Crippen molar-refractivity contribution < 1.29 is 9.47 Å². The summed E-state index contributed by atoms with van der Waals surface area (Å²) in [6.45, 7) is 0.675. The van der Waals surface area contributed by atoms with Gasteiger partial charge in [0.15, 0.2) is 0 Å². The van der Waals surface area contributed by atoms with Gasteiger partial charge in [0.25, 0.3) is 0 Å². The minimum atomic E-state index is 0.187. The lowest BCUT2D eigenvalue weighted by molar-refractivity contribution is 0.0878. The van der Waals surface area contributed by atoms with Gasteiger partial charge < -0.3 is 9.47 Å². The molecule has 2 unspecified atom stereocenters. The number of rotatable bonds is 2. The highest BCUT2D eigenvalue weighted by atomic mass is 16.5. The number of hydrogen-bond acceptors (Lipinski definition) is 2. The van der Waals surface area contributed by atoms with Crippen LogP contribution in [0.15, 0.2) is 30.4 Å². The van der Waals surface area contributed by atoms with Gasteiger partial charge in [0, 0.05) is 7.11 Å². The topological polar surface area (TPSA) is 18.5 Å². The Labute approximate surface area is 83.1 Å². The second-order valence-electron chi connectivity index (χ2n) is 3.76. The first-order valence-corrected chi connectivity index (χ1v) is 4.84. The summed E-state index contributed by atoms with van der Waals surface area (Å²) in [5, 5.41) is 0. The molecule has 0 radical (unpaired) electrons. The third kappa shape index (κ3) is 1.04. The van der Waals surface area contributed by atoms with E-state index in [4.69, 9.17) is 9.47 Å². The van der Waals surface area contributed by atoms with Crippen molar-refractivity contribution in [3.63, 3.8) is 0 Å². The van der Waals surface area contributed by atoms with Crippen LogP contribution >= 0.6 is 0 Å². The van der Waals surface area contributed by atoms with Crippen molar-refractivity contribution in [2.45, 2.75) is 18.8 Å². The summed E-state index contributed by atoms with van der Waals surface area (Å²) in [6.07, 6.45) is 4.64. The number of hydrogen-bond donors (Lipinski definition) is 0. The van der Waals surface area contributed by atoms with E-state index in [-0.39, 0.29) is 12.2 Å². The van der Waals surface area contributed by atoms with Gasteiger partial charge in [0.05, 0.1) is 6.61 Å². The second kappa shape index (κ2) is 2.94. The molecule has 2 aliphatic heterocycles. The van der Waals surface area contributed by atoms with E-state index < -0.39 is 0 Å². The summed E-state index contributed by atoms with van der Waals surface area (Å²) >= 11 is 0. The van der Waals surface area contributed by atoms with Crippen LogP contribution in [0.5, 0.6) is 0 Å². The molecule has 0 fully saturated rings. The Morgan fingerprint density at radius 1 is 1.21 bits per heavy atom. The van der Waals surface area contributed by atoms with Gasteiger partial charge in [-0.05, 0) is 16.7 Å². The van der Waals surface area contributed by atoms with Gasteiger partial charge in [-0.2, -0.15) is 0 Å². The van der Waals surface area contributed by atoms with Gasteiger partial charge in [-0.25, -0.2) is 0 Å². The molecule has 0 aromatic heterocycles. The zero-order chi connectivity index (χ0) is 9.54. The summed E-state index contributed by atoms with van der Waals surface area (Å²) < 4.78 is 10.8. The van der Waals surface area contributed by atoms with E-state index in [1.807, 2.05) is 0 Å². The van der Waals surface area contributed by atoms with Gasteiger partial charge in [0.1, 0.15) is 12.2 Å². The molecule has 0 N–H and O–H groups in total. The van der Waals surface area contributed by atoms with E-state index >= 15 is 0 Å². The van der Waals surface area contributed by atoms with E-state index in [0.717, 1.165) is 0 Å². The molecule has 2 bridgehead atoms. The maximum absolute atomic E-state index is 5.72. The number of ether oxygens (including phenoxy) is 2. The average molecular weight is 188 g/mol. The van der Waals surface area contributed by atoms with Crippen molar-refractivity contribution in [2.75, 3.05) is 7.11 Å². The quantitative estimate of drug-likeness (QED) is 0.664. The SMILES string of the molecule is COCc1ccc2c(c1)C1C=CC2O1. The standard InChI is InChI=1S/C12H12O2/c1-13-7-8-2-3-9-10(6-8)12-5-4-11(9)14-12/h2-6,11-12H,7H2,1H3. The molecule has 72 valence electrons. The van der Waals surface area contributed by atoms with Crippen LogP contribution in [0.3, 0.4) is 0 Å². The van der Waals surface area contributed by atoms with Crippen LogP contribution in [-0.4, -0.2) is 7.11 Å². The van der Waals surface area contributed by atoms with Crippen LogP contribution in [-0.2, 0) is 16.1 Å². The first-order chi connectivity index (χ1) is 6.88. The van der Waals surface area contributed by atoms with Gasteiger partial charge >= 0.3 is 0 Å². The van der Waals surface area contributed by atoms with E-state index in [1.165, 1.54) is 16.7 Å². The molecular weight excluding hydrogens is 176 g/mol. The fourth-order valence-electron chi connectivity index (χ4n) is 2.19. The Balaban J connectivity index is 2.02. The van der Waals surface area contributed by atoms with Crippen LogP contribution in [0.4, 0.5) is 0 Å². The van der Waals surface area contributed by atoms with Gasteiger partial charge in [0.2, 0.25) is 0 Å². The first-order valence-electron chi connectivity index (χ1n) is 4.84. The summed E-state index contributed by atoms with van der Waals surface area (Å²) in [7, 11) is 1.72. The first kappa shape index (κ1) is 8.21. The van der Waals surface area contributed by atoms with Crippen molar-refractivity contribution in [3.8, 4) is 0 Å². The predicted molar refractivity (Wildman–Crippen MR) is 52.9 cm³/mol. The van der Waals surface area contributed by atoms with Crippen molar-refractivity contribution in [3.05, 3.63) is 47.0 Å². The molecule has 2 heteroatoms. The lowest BCUT2D eigenvalue weighted by Crippen LogP contribution is -1.95. The molecule has 0 aliphatic carbocycles. The fraction of sp³-hybridized carbons (Fsp3) is 0.333. The van der Waals surface area contributed by atoms with Crippen LogP contribution in [0.2, 0.25) is 0 Å². The van der Waals surface area contributed by atoms with E-state index in [0.29, 0.717) is 6.61 Å². The number of methoxy groups -OCH3 is 1. The zero-order valence-electron chi connectivity index (χ0n) is 8.07. The van der Waals surface area contributed by atoms with Gasteiger partial charge in [-0.15, -0.1) is 0 Å².